The predicted octanol–water partition coefficient (Wildman–Crippen LogP) is 4.00. The van der Waals surface area contributed by atoms with Crippen molar-refractivity contribution in [2.24, 2.45) is 0 Å². The number of nitrogens with zero attached hydrogens (tertiary/aromatic N) is 1. The molecule has 1 aromatic rings. The minimum Gasteiger partial charge on any atom is -0.247 e. The highest BCUT2D eigenvalue weighted by molar-refractivity contribution is 9.10. The van der Waals surface area contributed by atoms with Gasteiger partial charge in [-0.1, -0.05) is 25.4 Å². The lowest BCUT2D eigenvalue weighted by Crippen LogP contribution is -1.89. The second-order valence-corrected chi connectivity index (χ2v) is 5.50. The zero-order chi connectivity index (χ0) is 9.14. The van der Waals surface area contributed by atoms with E-state index in [1.165, 1.54) is 0 Å². The van der Waals surface area contributed by atoms with E-state index in [-0.39, 0.29) is 0 Å². The molecule has 0 bridgehead atoms. The van der Waals surface area contributed by atoms with Gasteiger partial charge in [-0.25, -0.2) is 4.98 Å². The third-order valence-electron chi connectivity index (χ3n) is 1.12. The minimum absolute atomic E-state index is 0.510. The highest BCUT2D eigenvalue weighted by atomic mass is 79.9. The largest absolute Gasteiger partial charge is 0.247 e. The molecule has 4 heteroatoms. The van der Waals surface area contributed by atoms with Gasteiger partial charge in [-0.15, -0.1) is 11.8 Å². The van der Waals surface area contributed by atoms with E-state index in [2.05, 4.69) is 34.8 Å². The Hall–Kier alpha value is 0.270. The maximum atomic E-state index is 5.96. The Labute approximate surface area is 90.0 Å². The Balaban J connectivity index is 2.86. The van der Waals surface area contributed by atoms with Gasteiger partial charge in [0.25, 0.3) is 0 Å². The molecule has 0 unspecified atom stereocenters. The van der Waals surface area contributed by atoms with E-state index in [1.807, 2.05) is 6.07 Å². The van der Waals surface area contributed by atoms with Crippen molar-refractivity contribution in [3.05, 3.63) is 21.8 Å². The maximum absolute atomic E-state index is 5.96. The van der Waals surface area contributed by atoms with Crippen molar-refractivity contribution in [1.82, 2.24) is 4.98 Å². The van der Waals surface area contributed by atoms with Crippen LogP contribution in [-0.2, 0) is 0 Å². The van der Waals surface area contributed by atoms with Crippen LogP contribution in [0, 0.1) is 0 Å². The Kier molecular flexibility index (Phi) is 3.87. The summed E-state index contributed by atoms with van der Waals surface area (Å²) in [6.45, 7) is 4.23. The lowest BCUT2D eigenvalue weighted by atomic mass is 10.5. The van der Waals surface area contributed by atoms with Crippen molar-refractivity contribution in [1.29, 1.82) is 0 Å². The van der Waals surface area contributed by atoms with Gasteiger partial charge in [0.05, 0.1) is 5.02 Å². The monoisotopic (exact) mass is 265 g/mol. The van der Waals surface area contributed by atoms with Crippen molar-refractivity contribution in [2.45, 2.75) is 24.1 Å². The molecule has 0 amide bonds. The lowest BCUT2D eigenvalue weighted by Gasteiger charge is -2.05. The molecule has 66 valence electrons. The summed E-state index contributed by atoms with van der Waals surface area (Å²) in [6.07, 6.45) is 1.76. The SMILES string of the molecule is CC(C)Sc1ncc(Br)cc1Cl. The zero-order valence-electron chi connectivity index (χ0n) is 6.84. The van der Waals surface area contributed by atoms with Gasteiger partial charge in [-0.2, -0.15) is 0 Å². The average molecular weight is 267 g/mol. The number of hydrogen-bond donors (Lipinski definition) is 0. The third-order valence-corrected chi connectivity index (χ3v) is 2.98. The Bertz CT molecular complexity index is 278. The summed E-state index contributed by atoms with van der Waals surface area (Å²) in [5, 5.41) is 2.12. The van der Waals surface area contributed by atoms with Crippen molar-refractivity contribution in [3.63, 3.8) is 0 Å². The van der Waals surface area contributed by atoms with Gasteiger partial charge < -0.3 is 0 Å². The number of halogens is 2. The Morgan fingerprint density at radius 1 is 1.58 bits per heavy atom. The van der Waals surface area contributed by atoms with Crippen LogP contribution in [0.5, 0.6) is 0 Å². The second kappa shape index (κ2) is 4.49. The molecule has 0 saturated carbocycles. The van der Waals surface area contributed by atoms with Crippen LogP contribution >= 0.6 is 39.3 Å². The van der Waals surface area contributed by atoms with Crippen LogP contribution in [0.15, 0.2) is 21.8 Å². The van der Waals surface area contributed by atoms with E-state index >= 15 is 0 Å². The Morgan fingerprint density at radius 2 is 2.25 bits per heavy atom. The molecule has 0 saturated heterocycles. The summed E-state index contributed by atoms with van der Waals surface area (Å²) < 4.78 is 0.917. The van der Waals surface area contributed by atoms with Crippen LogP contribution in [0.4, 0.5) is 0 Å². The first-order chi connectivity index (χ1) is 5.59. The van der Waals surface area contributed by atoms with E-state index in [1.54, 1.807) is 18.0 Å². The van der Waals surface area contributed by atoms with E-state index in [9.17, 15) is 0 Å². The highest BCUT2D eigenvalue weighted by Gasteiger charge is 2.05. The van der Waals surface area contributed by atoms with Crippen molar-refractivity contribution >= 4 is 39.3 Å². The molecule has 0 fully saturated rings. The molecule has 0 aliphatic rings. The van der Waals surface area contributed by atoms with Crippen molar-refractivity contribution in [2.75, 3.05) is 0 Å². The molecule has 1 rings (SSSR count). The van der Waals surface area contributed by atoms with E-state index in [4.69, 9.17) is 11.6 Å². The molecule has 0 N–H and O–H groups in total. The van der Waals surface area contributed by atoms with Crippen LogP contribution in [0.25, 0.3) is 0 Å². The fraction of sp³-hybridized carbons (Fsp3) is 0.375. The van der Waals surface area contributed by atoms with Crippen LogP contribution < -0.4 is 0 Å². The summed E-state index contributed by atoms with van der Waals surface area (Å²) in [7, 11) is 0. The quantitative estimate of drug-likeness (QED) is 0.751. The summed E-state index contributed by atoms with van der Waals surface area (Å²) >= 11 is 10.9. The van der Waals surface area contributed by atoms with Crippen LogP contribution in [0.3, 0.4) is 0 Å². The summed E-state index contributed by atoms with van der Waals surface area (Å²) in [4.78, 5) is 4.20. The minimum atomic E-state index is 0.510. The molecule has 1 aromatic heterocycles. The topological polar surface area (TPSA) is 12.9 Å². The first-order valence-electron chi connectivity index (χ1n) is 3.57. The summed E-state index contributed by atoms with van der Waals surface area (Å²) in [5.41, 5.74) is 0. The molecular weight excluding hydrogens is 258 g/mol. The molecule has 0 radical (unpaired) electrons. The zero-order valence-corrected chi connectivity index (χ0v) is 10.0. The van der Waals surface area contributed by atoms with Gasteiger partial charge in [-0.3, -0.25) is 0 Å². The van der Waals surface area contributed by atoms with Crippen molar-refractivity contribution < 1.29 is 0 Å². The third kappa shape index (κ3) is 2.96. The smallest absolute Gasteiger partial charge is 0.115 e. The van der Waals surface area contributed by atoms with E-state index < -0.39 is 0 Å². The number of rotatable bonds is 2. The van der Waals surface area contributed by atoms with Gasteiger partial charge in [0, 0.05) is 15.9 Å². The molecule has 1 heterocycles. The first-order valence-corrected chi connectivity index (χ1v) is 5.62. The summed E-state index contributed by atoms with van der Waals surface area (Å²) in [5.74, 6) is 0. The Morgan fingerprint density at radius 3 is 2.75 bits per heavy atom. The molecule has 12 heavy (non-hydrogen) atoms. The number of aromatic nitrogens is 1. The lowest BCUT2D eigenvalue weighted by molar-refractivity contribution is 1.07. The number of thioether (sulfide) groups is 1. The van der Waals surface area contributed by atoms with E-state index in [0.29, 0.717) is 10.3 Å². The first kappa shape index (κ1) is 10.4. The molecule has 1 nitrogen and oxygen atoms in total. The van der Waals surface area contributed by atoms with Crippen LogP contribution in [0.2, 0.25) is 5.02 Å². The van der Waals surface area contributed by atoms with Gasteiger partial charge >= 0.3 is 0 Å². The predicted molar refractivity (Wildman–Crippen MR) is 57.9 cm³/mol. The van der Waals surface area contributed by atoms with Gasteiger partial charge in [0.15, 0.2) is 0 Å². The number of pyridine rings is 1. The van der Waals surface area contributed by atoms with Gasteiger partial charge in [-0.05, 0) is 22.0 Å². The van der Waals surface area contributed by atoms with E-state index in [0.717, 1.165) is 9.50 Å². The maximum Gasteiger partial charge on any atom is 0.115 e. The van der Waals surface area contributed by atoms with Crippen molar-refractivity contribution in [3.8, 4) is 0 Å². The van der Waals surface area contributed by atoms with Gasteiger partial charge in [0.1, 0.15) is 5.03 Å². The highest BCUT2D eigenvalue weighted by Crippen LogP contribution is 2.29. The van der Waals surface area contributed by atoms with Crippen LogP contribution in [-0.4, -0.2) is 10.2 Å². The molecule has 0 aliphatic carbocycles. The summed E-state index contributed by atoms with van der Waals surface area (Å²) in [6, 6.07) is 1.86. The molecule has 0 aliphatic heterocycles. The van der Waals surface area contributed by atoms with Crippen LogP contribution in [0.1, 0.15) is 13.8 Å². The number of hydrogen-bond acceptors (Lipinski definition) is 2. The molecule has 0 spiro atoms. The second-order valence-electron chi connectivity index (χ2n) is 2.61. The standard InChI is InChI=1S/C8H9BrClNS/c1-5(2)12-8-7(10)3-6(9)4-11-8/h3-5H,1-2H3. The fourth-order valence-electron chi connectivity index (χ4n) is 0.712. The average Bonchev–Trinajstić information content (AvgIpc) is 1.94. The molecule has 0 atom stereocenters. The fourth-order valence-corrected chi connectivity index (χ4v) is 2.21. The normalized spacial score (nSPS) is 10.8. The molecule has 0 aromatic carbocycles. The molecular formula is C8H9BrClNS. The van der Waals surface area contributed by atoms with Gasteiger partial charge in [0.2, 0.25) is 0 Å².